The van der Waals surface area contributed by atoms with E-state index in [1.165, 1.54) is 175 Å². The standard InChI is InChI=1S/C55H72O8/c1-4-6-8-10-12-14-16-18-20-22-24-44-26-34-49(35-27-44)62-54(58)46-30-38-48(39-31-46)60-52(56)42-43(3)53(57)61-51-40-32-47(33-41-51)55(59)63-50-36-28-45(29-37-50)25-23-21-19-17-15-13-11-9-7-5-2/h26-41,43H,4-25,42H2,1-3H3. The van der Waals surface area contributed by atoms with Crippen LogP contribution in [0, 0.1) is 5.92 Å². The number of aryl methyl sites for hydroxylation is 2. The number of benzene rings is 4. The number of hydrogen-bond acceptors (Lipinski definition) is 8. The molecule has 0 saturated heterocycles. The van der Waals surface area contributed by atoms with Crippen LogP contribution in [0.2, 0.25) is 0 Å². The number of carbonyl (C=O) groups excluding carboxylic acids is 4. The number of rotatable bonds is 31. The Morgan fingerprint density at radius 3 is 1.05 bits per heavy atom. The summed E-state index contributed by atoms with van der Waals surface area (Å²) in [5.41, 5.74) is 3.07. The molecule has 0 heterocycles. The van der Waals surface area contributed by atoms with Crippen molar-refractivity contribution in [1.29, 1.82) is 0 Å². The van der Waals surface area contributed by atoms with Crippen molar-refractivity contribution >= 4 is 23.9 Å². The second kappa shape index (κ2) is 30.0. The molecule has 0 N–H and O–H groups in total. The van der Waals surface area contributed by atoms with E-state index in [0.29, 0.717) is 22.6 Å². The Morgan fingerprint density at radius 2 is 0.683 bits per heavy atom. The lowest BCUT2D eigenvalue weighted by Gasteiger charge is -2.12. The SMILES string of the molecule is CCCCCCCCCCCCc1ccc(OC(=O)c2ccc(OC(=O)CC(C)C(=O)Oc3ccc(C(=O)Oc4ccc(CCCCCCCCCCCC)cc4)cc3)cc2)cc1. The van der Waals surface area contributed by atoms with Gasteiger partial charge >= 0.3 is 23.9 Å². The molecule has 0 bridgehead atoms. The highest BCUT2D eigenvalue weighted by Gasteiger charge is 2.21. The lowest BCUT2D eigenvalue weighted by molar-refractivity contribution is -0.144. The summed E-state index contributed by atoms with van der Waals surface area (Å²) in [6.07, 6.45) is 27.9. The minimum absolute atomic E-state index is 0.222. The molecule has 4 aromatic rings. The van der Waals surface area contributed by atoms with Crippen molar-refractivity contribution in [3.8, 4) is 23.0 Å². The predicted molar refractivity (Wildman–Crippen MR) is 252 cm³/mol. The first-order valence-corrected chi connectivity index (χ1v) is 24.0. The Bertz CT molecular complexity index is 1900. The predicted octanol–water partition coefficient (Wildman–Crippen LogP) is 14.6. The number of hydrogen-bond donors (Lipinski definition) is 0. The molecule has 4 aromatic carbocycles. The third kappa shape index (κ3) is 20.7. The van der Waals surface area contributed by atoms with Gasteiger partial charge < -0.3 is 18.9 Å². The molecule has 63 heavy (non-hydrogen) atoms. The van der Waals surface area contributed by atoms with Crippen LogP contribution in [0.15, 0.2) is 97.1 Å². The molecule has 4 rings (SSSR count). The van der Waals surface area contributed by atoms with Gasteiger partial charge in [0.25, 0.3) is 0 Å². The van der Waals surface area contributed by atoms with Gasteiger partial charge in [0.1, 0.15) is 23.0 Å². The van der Waals surface area contributed by atoms with E-state index in [0.717, 1.165) is 25.7 Å². The van der Waals surface area contributed by atoms with E-state index >= 15 is 0 Å². The summed E-state index contributed by atoms with van der Waals surface area (Å²) in [4.78, 5) is 51.0. The van der Waals surface area contributed by atoms with Crippen LogP contribution in [0.4, 0.5) is 0 Å². The molecule has 0 aliphatic rings. The molecule has 1 unspecified atom stereocenters. The molecule has 340 valence electrons. The number of esters is 4. The highest BCUT2D eigenvalue weighted by molar-refractivity contribution is 5.92. The highest BCUT2D eigenvalue weighted by atomic mass is 16.5. The fraction of sp³-hybridized carbons (Fsp3) is 0.491. The van der Waals surface area contributed by atoms with Crippen LogP contribution in [-0.4, -0.2) is 23.9 Å². The van der Waals surface area contributed by atoms with E-state index in [-0.39, 0.29) is 17.9 Å². The minimum Gasteiger partial charge on any atom is -0.427 e. The fourth-order valence-electron chi connectivity index (χ4n) is 7.45. The van der Waals surface area contributed by atoms with Gasteiger partial charge in [0.15, 0.2) is 0 Å². The Hall–Kier alpha value is -5.24. The summed E-state index contributed by atoms with van der Waals surface area (Å²) < 4.78 is 22.0. The summed E-state index contributed by atoms with van der Waals surface area (Å²) in [6.45, 7) is 6.07. The molecule has 0 aliphatic carbocycles. The largest absolute Gasteiger partial charge is 0.427 e. The van der Waals surface area contributed by atoms with Crippen LogP contribution in [0.5, 0.6) is 23.0 Å². The summed E-state index contributed by atoms with van der Waals surface area (Å²) in [5.74, 6) is -1.69. The summed E-state index contributed by atoms with van der Waals surface area (Å²) >= 11 is 0. The first-order chi connectivity index (χ1) is 30.7. The molecule has 8 heteroatoms. The Balaban J connectivity index is 1.09. The third-order valence-electron chi connectivity index (χ3n) is 11.4. The highest BCUT2D eigenvalue weighted by Crippen LogP contribution is 2.22. The number of ether oxygens (including phenoxy) is 4. The quantitative estimate of drug-likeness (QED) is 0.0280. The van der Waals surface area contributed by atoms with Gasteiger partial charge in [0.05, 0.1) is 23.5 Å². The second-order valence-corrected chi connectivity index (χ2v) is 17.0. The van der Waals surface area contributed by atoms with Gasteiger partial charge in [-0.3, -0.25) is 9.59 Å². The molecule has 8 nitrogen and oxygen atoms in total. The minimum atomic E-state index is -0.800. The average molecular weight is 861 g/mol. The third-order valence-corrected chi connectivity index (χ3v) is 11.4. The molecule has 0 spiro atoms. The first kappa shape index (κ1) is 50.4. The van der Waals surface area contributed by atoms with Crippen molar-refractivity contribution in [2.24, 2.45) is 5.92 Å². The van der Waals surface area contributed by atoms with Crippen LogP contribution in [0.1, 0.15) is 187 Å². The molecular formula is C55H72O8. The van der Waals surface area contributed by atoms with E-state index in [4.69, 9.17) is 18.9 Å². The topological polar surface area (TPSA) is 105 Å². The zero-order chi connectivity index (χ0) is 44.9. The van der Waals surface area contributed by atoms with Crippen LogP contribution >= 0.6 is 0 Å². The molecule has 0 fully saturated rings. The van der Waals surface area contributed by atoms with Crippen LogP contribution in [-0.2, 0) is 22.4 Å². The molecule has 0 aromatic heterocycles. The lowest BCUT2D eigenvalue weighted by Crippen LogP contribution is -2.23. The average Bonchev–Trinajstić information content (AvgIpc) is 3.29. The van der Waals surface area contributed by atoms with E-state index < -0.39 is 29.8 Å². The molecule has 0 amide bonds. The van der Waals surface area contributed by atoms with E-state index in [1.807, 2.05) is 48.5 Å². The van der Waals surface area contributed by atoms with Gasteiger partial charge in [-0.05, 0) is 110 Å². The van der Waals surface area contributed by atoms with E-state index in [9.17, 15) is 19.2 Å². The Morgan fingerprint density at radius 1 is 0.381 bits per heavy atom. The van der Waals surface area contributed by atoms with Crippen molar-refractivity contribution in [3.63, 3.8) is 0 Å². The zero-order valence-corrected chi connectivity index (χ0v) is 38.3. The van der Waals surface area contributed by atoms with Gasteiger partial charge in [-0.1, -0.05) is 161 Å². The van der Waals surface area contributed by atoms with Crippen molar-refractivity contribution in [2.75, 3.05) is 0 Å². The molecule has 0 aliphatic heterocycles. The maximum atomic E-state index is 12.8. The van der Waals surface area contributed by atoms with E-state index in [2.05, 4.69) is 13.8 Å². The van der Waals surface area contributed by atoms with Crippen molar-refractivity contribution in [2.45, 2.75) is 168 Å². The lowest BCUT2D eigenvalue weighted by atomic mass is 10.0. The number of unbranched alkanes of at least 4 members (excludes halogenated alkanes) is 18. The summed E-state index contributed by atoms with van der Waals surface area (Å²) in [6, 6.07) is 27.4. The molecule has 0 radical (unpaired) electrons. The summed E-state index contributed by atoms with van der Waals surface area (Å²) in [7, 11) is 0. The Kier molecular flexibility index (Phi) is 24.0. The normalized spacial score (nSPS) is 11.5. The smallest absolute Gasteiger partial charge is 0.343 e. The van der Waals surface area contributed by atoms with Gasteiger partial charge in [0, 0.05) is 0 Å². The number of carbonyl (C=O) groups is 4. The van der Waals surface area contributed by atoms with Crippen LogP contribution in [0.25, 0.3) is 0 Å². The van der Waals surface area contributed by atoms with Crippen LogP contribution in [0.3, 0.4) is 0 Å². The van der Waals surface area contributed by atoms with Crippen LogP contribution < -0.4 is 18.9 Å². The van der Waals surface area contributed by atoms with Crippen molar-refractivity contribution < 1.29 is 38.1 Å². The maximum Gasteiger partial charge on any atom is 0.343 e. The molecular weight excluding hydrogens is 789 g/mol. The second-order valence-electron chi connectivity index (χ2n) is 17.0. The van der Waals surface area contributed by atoms with Gasteiger partial charge in [-0.15, -0.1) is 0 Å². The summed E-state index contributed by atoms with van der Waals surface area (Å²) in [5, 5.41) is 0. The van der Waals surface area contributed by atoms with Crippen molar-refractivity contribution in [3.05, 3.63) is 119 Å². The van der Waals surface area contributed by atoms with E-state index in [1.54, 1.807) is 6.92 Å². The van der Waals surface area contributed by atoms with Gasteiger partial charge in [-0.25, -0.2) is 9.59 Å². The maximum absolute atomic E-state index is 12.8. The first-order valence-electron chi connectivity index (χ1n) is 24.0. The monoisotopic (exact) mass is 861 g/mol. The van der Waals surface area contributed by atoms with Crippen molar-refractivity contribution in [1.82, 2.24) is 0 Å². The molecule has 1 atom stereocenters. The zero-order valence-electron chi connectivity index (χ0n) is 38.3. The fourth-order valence-corrected chi connectivity index (χ4v) is 7.45. The Labute approximate surface area is 377 Å². The molecule has 0 saturated carbocycles. The van der Waals surface area contributed by atoms with Gasteiger partial charge in [-0.2, -0.15) is 0 Å². The van der Waals surface area contributed by atoms with Gasteiger partial charge in [0.2, 0.25) is 0 Å².